The molecule has 0 heterocycles. The Kier molecular flexibility index (Phi) is 18.2. The number of carbonyl (C=O) groups excluding carboxylic acids is 1. The zero-order valence-corrected chi connectivity index (χ0v) is 15.8. The van der Waals surface area contributed by atoms with Crippen LogP contribution in [0, 0.1) is 0 Å². The van der Waals surface area contributed by atoms with Gasteiger partial charge in [0.2, 0.25) is 5.91 Å². The van der Waals surface area contributed by atoms with Gasteiger partial charge in [-0.15, -0.1) is 0 Å². The standard InChI is InChI=1S/C22H37NO/c1-3-4-5-6-7-8-9-10-11-12-13-14-15-16-17-18-19-20-21-23-22(2)24/h7-8,10-11,13-14,16-17H,3-6,9,12,15,18-21H2,1-2H3,(H,23,24). The fourth-order valence-corrected chi connectivity index (χ4v) is 2.21. The zero-order chi connectivity index (χ0) is 17.7. The van der Waals surface area contributed by atoms with Crippen molar-refractivity contribution >= 4 is 5.91 Å². The highest BCUT2D eigenvalue weighted by Crippen LogP contribution is 2.01. The van der Waals surface area contributed by atoms with Gasteiger partial charge >= 0.3 is 0 Å². The number of carbonyl (C=O) groups is 1. The van der Waals surface area contributed by atoms with E-state index < -0.39 is 0 Å². The van der Waals surface area contributed by atoms with Gasteiger partial charge < -0.3 is 5.32 Å². The first-order chi connectivity index (χ1) is 11.8. The van der Waals surface area contributed by atoms with Crippen LogP contribution in [-0.4, -0.2) is 12.5 Å². The monoisotopic (exact) mass is 331 g/mol. The molecule has 0 aliphatic carbocycles. The zero-order valence-electron chi connectivity index (χ0n) is 15.8. The van der Waals surface area contributed by atoms with Gasteiger partial charge in [-0.05, 0) is 51.4 Å². The maximum absolute atomic E-state index is 10.7. The second kappa shape index (κ2) is 19.5. The molecule has 0 fully saturated rings. The number of nitrogens with one attached hydrogen (secondary N) is 1. The minimum absolute atomic E-state index is 0.0627. The minimum Gasteiger partial charge on any atom is -0.356 e. The Morgan fingerprint density at radius 2 is 1.17 bits per heavy atom. The first-order valence-corrected chi connectivity index (χ1v) is 9.61. The van der Waals surface area contributed by atoms with Crippen molar-refractivity contribution in [2.45, 2.75) is 78.1 Å². The van der Waals surface area contributed by atoms with Crippen molar-refractivity contribution in [1.82, 2.24) is 5.32 Å². The van der Waals surface area contributed by atoms with E-state index in [9.17, 15) is 4.79 Å². The molecule has 24 heavy (non-hydrogen) atoms. The van der Waals surface area contributed by atoms with Crippen LogP contribution in [-0.2, 0) is 4.79 Å². The summed E-state index contributed by atoms with van der Waals surface area (Å²) >= 11 is 0. The molecular formula is C22H37NO. The molecular weight excluding hydrogens is 294 g/mol. The van der Waals surface area contributed by atoms with E-state index in [2.05, 4.69) is 60.8 Å². The first-order valence-electron chi connectivity index (χ1n) is 9.61. The van der Waals surface area contributed by atoms with Crippen LogP contribution >= 0.6 is 0 Å². The van der Waals surface area contributed by atoms with Crippen LogP contribution in [0.1, 0.15) is 78.1 Å². The number of rotatable bonds is 15. The predicted molar refractivity (Wildman–Crippen MR) is 107 cm³/mol. The van der Waals surface area contributed by atoms with E-state index in [4.69, 9.17) is 0 Å². The highest BCUT2D eigenvalue weighted by molar-refractivity contribution is 5.72. The van der Waals surface area contributed by atoms with Gasteiger partial charge in [0.1, 0.15) is 0 Å². The molecule has 0 aliphatic heterocycles. The third kappa shape index (κ3) is 20.4. The van der Waals surface area contributed by atoms with Crippen molar-refractivity contribution in [1.29, 1.82) is 0 Å². The predicted octanol–water partition coefficient (Wildman–Crippen LogP) is 6.27. The normalized spacial score (nSPS) is 12.2. The molecule has 0 rings (SSSR count). The van der Waals surface area contributed by atoms with Crippen molar-refractivity contribution in [3.63, 3.8) is 0 Å². The van der Waals surface area contributed by atoms with Crippen LogP contribution in [0.4, 0.5) is 0 Å². The highest BCUT2D eigenvalue weighted by atomic mass is 16.1. The van der Waals surface area contributed by atoms with Gasteiger partial charge in [-0.1, -0.05) is 68.4 Å². The molecule has 0 saturated carbocycles. The summed E-state index contributed by atoms with van der Waals surface area (Å²) in [4.78, 5) is 10.7. The lowest BCUT2D eigenvalue weighted by atomic mass is 10.2. The average Bonchev–Trinajstić information content (AvgIpc) is 2.56. The Balaban J connectivity index is 3.37. The lowest BCUT2D eigenvalue weighted by molar-refractivity contribution is -0.118. The molecule has 0 aromatic heterocycles. The summed E-state index contributed by atoms with van der Waals surface area (Å²) < 4.78 is 0. The van der Waals surface area contributed by atoms with Crippen LogP contribution in [0.2, 0.25) is 0 Å². The van der Waals surface area contributed by atoms with Gasteiger partial charge in [0, 0.05) is 13.5 Å². The van der Waals surface area contributed by atoms with Crippen LogP contribution in [0.15, 0.2) is 48.6 Å². The molecule has 0 aromatic rings. The summed E-state index contributed by atoms with van der Waals surface area (Å²) in [5, 5.41) is 2.82. The van der Waals surface area contributed by atoms with Crippen molar-refractivity contribution in [3.05, 3.63) is 48.6 Å². The number of allylic oxidation sites excluding steroid dienone is 8. The molecule has 0 atom stereocenters. The highest BCUT2D eigenvalue weighted by Gasteiger charge is 1.89. The number of amides is 1. The van der Waals surface area contributed by atoms with Crippen LogP contribution in [0.3, 0.4) is 0 Å². The SMILES string of the molecule is CCCCCC=CCC=CCC=CCC=CCCCCNC(C)=O. The summed E-state index contributed by atoms with van der Waals surface area (Å²) in [6, 6.07) is 0. The molecule has 1 amide bonds. The quantitative estimate of drug-likeness (QED) is 0.278. The van der Waals surface area contributed by atoms with Crippen LogP contribution < -0.4 is 5.32 Å². The van der Waals surface area contributed by atoms with E-state index in [1.54, 1.807) is 6.92 Å². The summed E-state index contributed by atoms with van der Waals surface area (Å²) in [7, 11) is 0. The molecule has 1 N–H and O–H groups in total. The van der Waals surface area contributed by atoms with Crippen LogP contribution in [0.25, 0.3) is 0 Å². The van der Waals surface area contributed by atoms with Crippen molar-refractivity contribution < 1.29 is 4.79 Å². The Hall–Kier alpha value is -1.57. The number of unbranched alkanes of at least 4 members (excludes halogenated alkanes) is 5. The maximum Gasteiger partial charge on any atom is 0.216 e. The lowest BCUT2D eigenvalue weighted by Gasteiger charge is -1.99. The third-order valence-corrected chi connectivity index (χ3v) is 3.63. The van der Waals surface area contributed by atoms with E-state index in [-0.39, 0.29) is 5.91 Å². The Morgan fingerprint density at radius 3 is 1.62 bits per heavy atom. The second-order valence-corrected chi connectivity index (χ2v) is 6.07. The van der Waals surface area contributed by atoms with E-state index in [0.29, 0.717) is 0 Å². The summed E-state index contributed by atoms with van der Waals surface area (Å²) in [6.07, 6.45) is 29.5. The van der Waals surface area contributed by atoms with Gasteiger partial charge in [0.05, 0.1) is 0 Å². The number of hydrogen-bond donors (Lipinski definition) is 1. The van der Waals surface area contributed by atoms with E-state index in [1.165, 1.54) is 25.7 Å². The topological polar surface area (TPSA) is 29.1 Å². The average molecular weight is 332 g/mol. The fraction of sp³-hybridized carbons (Fsp3) is 0.591. The molecule has 0 radical (unpaired) electrons. The van der Waals surface area contributed by atoms with Gasteiger partial charge in [-0.25, -0.2) is 0 Å². The smallest absolute Gasteiger partial charge is 0.216 e. The largest absolute Gasteiger partial charge is 0.356 e. The van der Waals surface area contributed by atoms with Gasteiger partial charge in [-0.3, -0.25) is 4.79 Å². The van der Waals surface area contributed by atoms with Crippen molar-refractivity contribution in [3.8, 4) is 0 Å². The minimum atomic E-state index is 0.0627. The van der Waals surface area contributed by atoms with Crippen molar-refractivity contribution in [2.75, 3.05) is 6.54 Å². The van der Waals surface area contributed by atoms with E-state index >= 15 is 0 Å². The van der Waals surface area contributed by atoms with Gasteiger partial charge in [0.15, 0.2) is 0 Å². The molecule has 2 heteroatoms. The van der Waals surface area contributed by atoms with Gasteiger partial charge in [-0.2, -0.15) is 0 Å². The fourth-order valence-electron chi connectivity index (χ4n) is 2.21. The van der Waals surface area contributed by atoms with Crippen LogP contribution in [0.5, 0.6) is 0 Å². The van der Waals surface area contributed by atoms with E-state index in [1.807, 2.05) is 0 Å². The summed E-state index contributed by atoms with van der Waals surface area (Å²) in [5.41, 5.74) is 0. The molecule has 0 aliphatic rings. The molecule has 0 spiro atoms. The molecule has 0 unspecified atom stereocenters. The summed E-state index contributed by atoms with van der Waals surface area (Å²) in [6.45, 7) is 4.60. The molecule has 0 saturated heterocycles. The first kappa shape index (κ1) is 22.4. The summed E-state index contributed by atoms with van der Waals surface area (Å²) in [5.74, 6) is 0.0627. The Morgan fingerprint density at radius 1 is 0.708 bits per heavy atom. The molecule has 0 aromatic carbocycles. The molecule has 0 bridgehead atoms. The van der Waals surface area contributed by atoms with E-state index in [0.717, 1.165) is 45.1 Å². The Bertz CT molecular complexity index is 391. The number of hydrogen-bond acceptors (Lipinski definition) is 1. The lowest BCUT2D eigenvalue weighted by Crippen LogP contribution is -2.20. The molecule has 2 nitrogen and oxygen atoms in total. The van der Waals surface area contributed by atoms with Gasteiger partial charge in [0.25, 0.3) is 0 Å². The maximum atomic E-state index is 10.7. The van der Waals surface area contributed by atoms with Crippen molar-refractivity contribution in [2.24, 2.45) is 0 Å². The second-order valence-electron chi connectivity index (χ2n) is 6.07. The molecule has 136 valence electrons. The third-order valence-electron chi connectivity index (χ3n) is 3.63. The Labute approximate surface area is 149 Å².